The Bertz CT molecular complexity index is 807. The van der Waals surface area contributed by atoms with E-state index in [4.69, 9.17) is 17.3 Å². The van der Waals surface area contributed by atoms with Crippen LogP contribution in [0.5, 0.6) is 0 Å². The highest BCUT2D eigenvalue weighted by Gasteiger charge is 2.14. The first-order valence-electron chi connectivity index (χ1n) is 8.46. The first kappa shape index (κ1) is 22.8. The van der Waals surface area contributed by atoms with Crippen LogP contribution in [-0.4, -0.2) is 58.0 Å². The molecule has 0 bridgehead atoms. The summed E-state index contributed by atoms with van der Waals surface area (Å²) in [5, 5.41) is 11.5. The number of amides is 2. The lowest BCUT2D eigenvalue weighted by molar-refractivity contribution is 0.0768. The number of nitrogens with zero attached hydrogens (tertiary/aromatic N) is 2. The second kappa shape index (κ2) is 12.2. The lowest BCUT2D eigenvalue weighted by Crippen LogP contribution is -2.30. The maximum absolute atomic E-state index is 11.9. The Morgan fingerprint density at radius 2 is 1.93 bits per heavy atom. The Labute approximate surface area is 169 Å². The standard InChI is InChI=1S/C10H14N2OS.C8H10N2O2S/c1-3-12(4-2)10(13)8-6-5-7-11-9(8)14;11-5-4-9-7(12)6-2-1-3-10-8(6)13/h5-7H,3-4H2,1-2H3,(H,11,14);1-3,11H,4-5H2,(H,9,12)(H,10,13). The van der Waals surface area contributed by atoms with Crippen molar-refractivity contribution in [2.75, 3.05) is 26.2 Å². The van der Waals surface area contributed by atoms with Gasteiger partial charge in [0.05, 0.1) is 17.7 Å². The minimum absolute atomic E-state index is 0.00639. The fourth-order valence-corrected chi connectivity index (χ4v) is 2.58. The molecule has 7 nitrogen and oxygen atoms in total. The van der Waals surface area contributed by atoms with Crippen LogP contribution >= 0.6 is 24.8 Å². The Balaban J connectivity index is 0.000000271. The number of nitrogens with one attached hydrogen (secondary N) is 2. The van der Waals surface area contributed by atoms with E-state index in [1.807, 2.05) is 13.8 Å². The molecule has 2 rings (SSSR count). The van der Waals surface area contributed by atoms with Crippen LogP contribution in [-0.2, 0) is 0 Å². The van der Waals surface area contributed by atoms with E-state index in [1.54, 1.807) is 41.6 Å². The average molecular weight is 409 g/mol. The van der Waals surface area contributed by atoms with Gasteiger partial charge in [-0.05, 0) is 38.1 Å². The van der Waals surface area contributed by atoms with Gasteiger partial charge in [0.25, 0.3) is 11.8 Å². The Hall–Kier alpha value is -2.23. The number of aromatic amines is 1. The topological polar surface area (TPSA) is 98.3 Å². The predicted molar refractivity (Wildman–Crippen MR) is 110 cm³/mol. The molecule has 0 atom stereocenters. The fourth-order valence-electron chi connectivity index (χ4n) is 2.11. The lowest BCUT2D eigenvalue weighted by atomic mass is 10.2. The number of aliphatic hydroxyl groups is 1. The molecule has 0 unspecified atom stereocenters. The number of carbonyl (C=O) groups is 2. The van der Waals surface area contributed by atoms with Crippen LogP contribution in [0.3, 0.4) is 0 Å². The number of hydrogen-bond acceptors (Lipinski definition) is 6. The van der Waals surface area contributed by atoms with E-state index in [-0.39, 0.29) is 25.0 Å². The Morgan fingerprint density at radius 1 is 1.26 bits per heavy atom. The minimum atomic E-state index is -0.268. The third-order valence-electron chi connectivity index (χ3n) is 3.53. The van der Waals surface area contributed by atoms with E-state index in [0.29, 0.717) is 33.9 Å². The summed E-state index contributed by atoms with van der Waals surface area (Å²) in [4.78, 5) is 31.6. The van der Waals surface area contributed by atoms with Gasteiger partial charge in [-0.25, -0.2) is 4.98 Å². The molecule has 9 heteroatoms. The third kappa shape index (κ3) is 7.12. The van der Waals surface area contributed by atoms with E-state index in [2.05, 4.69) is 27.9 Å². The largest absolute Gasteiger partial charge is 0.395 e. The molecule has 0 aliphatic heterocycles. The number of hydrogen-bond donors (Lipinski definition) is 4. The van der Waals surface area contributed by atoms with Gasteiger partial charge in [0.15, 0.2) is 0 Å². The van der Waals surface area contributed by atoms with E-state index in [1.165, 1.54) is 0 Å². The van der Waals surface area contributed by atoms with E-state index in [9.17, 15) is 9.59 Å². The predicted octanol–water partition coefficient (Wildman–Crippen LogP) is 2.32. The summed E-state index contributed by atoms with van der Waals surface area (Å²) in [6.07, 6.45) is 3.28. The van der Waals surface area contributed by atoms with Gasteiger partial charge < -0.3 is 20.3 Å². The van der Waals surface area contributed by atoms with Gasteiger partial charge >= 0.3 is 0 Å². The zero-order valence-electron chi connectivity index (χ0n) is 15.3. The van der Waals surface area contributed by atoms with E-state index >= 15 is 0 Å². The molecule has 0 radical (unpaired) electrons. The molecule has 2 aromatic rings. The van der Waals surface area contributed by atoms with Crippen molar-refractivity contribution in [1.29, 1.82) is 0 Å². The molecule has 0 aromatic carbocycles. The molecule has 0 spiro atoms. The van der Waals surface area contributed by atoms with E-state index < -0.39 is 0 Å². The van der Waals surface area contributed by atoms with Gasteiger partial charge in [0.2, 0.25) is 0 Å². The van der Waals surface area contributed by atoms with Crippen LogP contribution in [0.2, 0.25) is 0 Å². The van der Waals surface area contributed by atoms with Crippen LogP contribution in [0, 0.1) is 4.64 Å². The summed E-state index contributed by atoms with van der Waals surface area (Å²) in [6.45, 7) is 5.48. The first-order chi connectivity index (χ1) is 13.0. The second-order valence-corrected chi connectivity index (χ2v) is 6.08. The van der Waals surface area contributed by atoms with Crippen LogP contribution in [0.4, 0.5) is 0 Å². The molecule has 2 amide bonds. The fraction of sp³-hybridized carbons (Fsp3) is 0.333. The van der Waals surface area contributed by atoms with Gasteiger partial charge in [0, 0.05) is 32.0 Å². The summed E-state index contributed by atoms with van der Waals surface area (Å²) in [6, 6.07) is 6.82. The number of rotatable bonds is 6. The number of carbonyl (C=O) groups excluding carboxylic acids is 2. The summed E-state index contributed by atoms with van der Waals surface area (Å²) in [5.41, 5.74) is 0.991. The van der Waals surface area contributed by atoms with Crippen molar-refractivity contribution < 1.29 is 14.7 Å². The minimum Gasteiger partial charge on any atom is -0.395 e. The molecular formula is C18H24N4O3S2. The molecule has 2 aromatic heterocycles. The quantitative estimate of drug-likeness (QED) is 0.434. The van der Waals surface area contributed by atoms with Crippen LogP contribution in [0.1, 0.15) is 34.6 Å². The van der Waals surface area contributed by atoms with Crippen molar-refractivity contribution >= 4 is 36.7 Å². The maximum Gasteiger partial charge on any atom is 0.256 e. The van der Waals surface area contributed by atoms with Crippen LogP contribution < -0.4 is 5.32 Å². The van der Waals surface area contributed by atoms with Gasteiger partial charge in [-0.2, -0.15) is 0 Å². The van der Waals surface area contributed by atoms with Gasteiger partial charge in [-0.3, -0.25) is 9.59 Å². The van der Waals surface area contributed by atoms with Gasteiger partial charge in [-0.1, -0.05) is 12.2 Å². The average Bonchev–Trinajstić information content (AvgIpc) is 2.68. The molecule has 0 saturated carbocycles. The van der Waals surface area contributed by atoms with Crippen molar-refractivity contribution in [3.63, 3.8) is 0 Å². The molecule has 0 saturated heterocycles. The second-order valence-electron chi connectivity index (χ2n) is 5.24. The smallest absolute Gasteiger partial charge is 0.256 e. The normalized spacial score (nSPS) is 9.78. The van der Waals surface area contributed by atoms with Crippen molar-refractivity contribution in [2.24, 2.45) is 0 Å². The van der Waals surface area contributed by atoms with E-state index in [0.717, 1.165) is 0 Å². The third-order valence-corrected chi connectivity index (χ3v) is 4.22. The zero-order chi connectivity index (χ0) is 20.2. The van der Waals surface area contributed by atoms with Crippen molar-refractivity contribution in [1.82, 2.24) is 20.2 Å². The molecule has 0 aliphatic rings. The Kier molecular flexibility index (Phi) is 10.3. The monoisotopic (exact) mass is 408 g/mol. The molecule has 0 aliphatic carbocycles. The van der Waals surface area contributed by atoms with Crippen LogP contribution in [0.15, 0.2) is 41.7 Å². The highest BCUT2D eigenvalue weighted by Crippen LogP contribution is 2.12. The number of pyridine rings is 2. The number of thiol groups is 1. The van der Waals surface area contributed by atoms with Crippen molar-refractivity contribution in [3.05, 3.63) is 52.4 Å². The molecule has 2 heterocycles. The molecule has 146 valence electrons. The summed E-state index contributed by atoms with van der Waals surface area (Å²) in [7, 11) is 0. The maximum atomic E-state index is 11.9. The van der Waals surface area contributed by atoms with Gasteiger partial charge in [0.1, 0.15) is 9.67 Å². The molecule has 0 fully saturated rings. The molecular weight excluding hydrogens is 384 g/mol. The highest BCUT2D eigenvalue weighted by molar-refractivity contribution is 7.80. The van der Waals surface area contributed by atoms with Crippen molar-refractivity contribution in [2.45, 2.75) is 18.9 Å². The Morgan fingerprint density at radius 3 is 2.48 bits per heavy atom. The number of aromatic nitrogens is 2. The highest BCUT2D eigenvalue weighted by atomic mass is 32.1. The SMILES string of the molecule is CCN(CC)C(=O)c1cccnc1S.O=C(NCCO)c1ccc[nH]c1=S. The van der Waals surface area contributed by atoms with Crippen LogP contribution in [0.25, 0.3) is 0 Å². The molecule has 3 N–H and O–H groups in total. The molecule has 27 heavy (non-hydrogen) atoms. The first-order valence-corrected chi connectivity index (χ1v) is 9.31. The zero-order valence-corrected chi connectivity index (χ0v) is 17.0. The number of aliphatic hydroxyl groups excluding tert-OH is 1. The number of H-pyrrole nitrogens is 1. The summed E-state index contributed by atoms with van der Waals surface area (Å²) < 4.78 is 0.401. The lowest BCUT2D eigenvalue weighted by Gasteiger charge is -2.18. The summed E-state index contributed by atoms with van der Waals surface area (Å²) >= 11 is 9.05. The van der Waals surface area contributed by atoms with Gasteiger partial charge in [-0.15, -0.1) is 12.6 Å². The summed E-state index contributed by atoms with van der Waals surface area (Å²) in [5.74, 6) is -0.274. The van der Waals surface area contributed by atoms with Crippen molar-refractivity contribution in [3.8, 4) is 0 Å².